The minimum Gasteiger partial charge on any atom is -0.466 e. The zero-order valence-electron chi connectivity index (χ0n) is 11.3. The Hall–Kier alpha value is -1.44. The molecule has 2 atom stereocenters. The number of ether oxygens (including phenoxy) is 1. The van der Waals surface area contributed by atoms with Crippen LogP contribution in [0, 0.1) is 0 Å². The predicted molar refractivity (Wildman–Crippen MR) is 79.4 cm³/mol. The van der Waals surface area contributed by atoms with Gasteiger partial charge in [-0.3, -0.25) is 4.79 Å². The van der Waals surface area contributed by atoms with E-state index in [1.807, 2.05) is 42.5 Å². The maximum atomic E-state index is 11.7. The maximum Gasteiger partial charge on any atom is 0.299 e. The molecule has 0 saturated heterocycles. The van der Waals surface area contributed by atoms with Crippen molar-refractivity contribution in [2.75, 3.05) is 6.61 Å². The van der Waals surface area contributed by atoms with Crippen LogP contribution in [0.15, 0.2) is 42.5 Å². The number of carbonyl (C=O) groups is 1. The van der Waals surface area contributed by atoms with Crippen LogP contribution in [0.4, 0.5) is 0 Å². The minimum atomic E-state index is -0.836. The third-order valence-electron chi connectivity index (χ3n) is 2.77. The van der Waals surface area contributed by atoms with Gasteiger partial charge in [-0.15, -0.1) is 0 Å². The molecule has 4 heteroatoms. The first-order chi connectivity index (χ1) is 9.16. The molecule has 0 aromatic heterocycles. The van der Waals surface area contributed by atoms with Gasteiger partial charge in [0.05, 0.1) is 22.3 Å². The monoisotopic (exact) mass is 252 g/mol. The van der Waals surface area contributed by atoms with Crippen molar-refractivity contribution in [1.82, 2.24) is 0 Å². The zero-order valence-corrected chi connectivity index (χ0v) is 11.3. The van der Waals surface area contributed by atoms with Gasteiger partial charge in [0.1, 0.15) is 0 Å². The lowest BCUT2D eigenvalue weighted by Gasteiger charge is -2.19. The summed E-state index contributed by atoms with van der Waals surface area (Å²) in [6.45, 7) is 2.39. The van der Waals surface area contributed by atoms with E-state index in [0.717, 1.165) is 12.0 Å². The molecule has 0 aliphatic heterocycles. The van der Waals surface area contributed by atoms with Gasteiger partial charge in [-0.25, -0.2) is 0 Å². The van der Waals surface area contributed by atoms with Gasteiger partial charge >= 0.3 is 0 Å². The topological polar surface area (TPSA) is 26.3 Å². The predicted octanol–water partition coefficient (Wildman–Crippen LogP) is 2.75. The van der Waals surface area contributed by atoms with Crippen LogP contribution in [0.2, 0.25) is 5.82 Å². The first-order valence-electron chi connectivity index (χ1n) is 6.54. The normalized spacial score (nSPS) is 14.2. The van der Waals surface area contributed by atoms with E-state index >= 15 is 0 Å². The highest BCUT2D eigenvalue weighted by molar-refractivity contribution is 6.29. The molecule has 0 saturated carbocycles. The largest absolute Gasteiger partial charge is 0.466 e. The Morgan fingerprint density at radius 2 is 1.95 bits per heavy atom. The van der Waals surface area contributed by atoms with Gasteiger partial charge in [-0.05, 0) is 18.7 Å². The molecule has 1 aromatic rings. The van der Waals surface area contributed by atoms with E-state index in [0.29, 0.717) is 13.0 Å². The van der Waals surface area contributed by atoms with Gasteiger partial charge < -0.3 is 4.74 Å². The van der Waals surface area contributed by atoms with Crippen LogP contribution in [0.3, 0.4) is 0 Å². The molecule has 0 bridgehead atoms. The highest BCUT2D eigenvalue weighted by Crippen LogP contribution is 2.24. The number of esters is 1. The quantitative estimate of drug-likeness (QED) is 0.323. The van der Waals surface area contributed by atoms with Crippen LogP contribution >= 0.6 is 0 Å². The number of carbonyl (C=O) groups excluding carboxylic acids is 1. The summed E-state index contributed by atoms with van der Waals surface area (Å²) in [7, 11) is 11.8. The number of rotatable bonds is 7. The maximum absolute atomic E-state index is 11.7. The Balaban J connectivity index is 2.42. The summed E-state index contributed by atoms with van der Waals surface area (Å²) >= 11 is 0. The SMILES string of the molecule is [B]C(C(=O)OCC/C=C/CC)C([B])c1ccccc1. The van der Waals surface area contributed by atoms with Crippen LogP contribution < -0.4 is 0 Å². The van der Waals surface area contributed by atoms with Gasteiger partial charge in [0.25, 0.3) is 5.97 Å². The average molecular weight is 252 g/mol. The van der Waals surface area contributed by atoms with Crippen molar-refractivity contribution in [3.63, 3.8) is 0 Å². The molecule has 19 heavy (non-hydrogen) atoms. The van der Waals surface area contributed by atoms with E-state index in [2.05, 4.69) is 6.92 Å². The highest BCUT2D eigenvalue weighted by Gasteiger charge is 2.21. The van der Waals surface area contributed by atoms with Crippen molar-refractivity contribution in [2.24, 2.45) is 0 Å². The van der Waals surface area contributed by atoms with Crippen LogP contribution in [0.25, 0.3) is 0 Å². The number of benzene rings is 1. The van der Waals surface area contributed by atoms with Gasteiger partial charge in [0.15, 0.2) is 0 Å². The molecule has 96 valence electrons. The van der Waals surface area contributed by atoms with E-state index in [-0.39, 0.29) is 0 Å². The molecule has 0 spiro atoms. The summed E-state index contributed by atoms with van der Waals surface area (Å²) in [5, 5.41) is 0. The van der Waals surface area contributed by atoms with Crippen molar-refractivity contribution in [1.29, 1.82) is 0 Å². The second-order valence-electron chi connectivity index (χ2n) is 4.30. The van der Waals surface area contributed by atoms with Gasteiger partial charge in [0, 0.05) is 5.82 Å². The molecule has 0 heterocycles. The van der Waals surface area contributed by atoms with E-state index in [1.54, 1.807) is 0 Å². The standard InChI is InChI=1S/C15H18B2O2/c1-2-3-4-8-11-19-15(18)14(17)13(16)12-9-6-5-7-10-12/h3-7,9-10,13-14H,2,8,11H2,1H3/b4-3+. The Morgan fingerprint density at radius 3 is 2.58 bits per heavy atom. The second kappa shape index (κ2) is 8.63. The Bertz CT molecular complexity index is 404. The molecule has 1 rings (SSSR count). The summed E-state index contributed by atoms with van der Waals surface area (Å²) in [4.78, 5) is 11.7. The van der Waals surface area contributed by atoms with E-state index in [9.17, 15) is 4.79 Å². The number of hydrogen-bond donors (Lipinski definition) is 0. The second-order valence-corrected chi connectivity index (χ2v) is 4.30. The number of allylic oxidation sites excluding steroid dienone is 1. The molecular formula is C15H18B2O2. The van der Waals surface area contributed by atoms with E-state index in [1.165, 1.54) is 0 Å². The first kappa shape index (κ1) is 15.6. The van der Waals surface area contributed by atoms with Crippen molar-refractivity contribution in [3.05, 3.63) is 48.0 Å². The lowest BCUT2D eigenvalue weighted by atomic mass is 9.63. The zero-order chi connectivity index (χ0) is 14.1. The Morgan fingerprint density at radius 1 is 1.26 bits per heavy atom. The average Bonchev–Trinajstić information content (AvgIpc) is 2.46. The molecule has 2 unspecified atom stereocenters. The van der Waals surface area contributed by atoms with Crippen LogP contribution in [0.5, 0.6) is 0 Å². The lowest BCUT2D eigenvalue weighted by Crippen LogP contribution is -2.20. The smallest absolute Gasteiger partial charge is 0.299 e. The van der Waals surface area contributed by atoms with E-state index in [4.69, 9.17) is 20.4 Å². The fraction of sp³-hybridized carbons (Fsp3) is 0.400. The van der Waals surface area contributed by atoms with Crippen LogP contribution in [-0.2, 0) is 9.53 Å². The van der Waals surface area contributed by atoms with Crippen LogP contribution in [-0.4, -0.2) is 28.3 Å². The van der Waals surface area contributed by atoms with Gasteiger partial charge in [0.2, 0.25) is 0 Å². The summed E-state index contributed by atoms with van der Waals surface area (Å²) < 4.78 is 5.10. The fourth-order valence-corrected chi connectivity index (χ4v) is 1.64. The highest BCUT2D eigenvalue weighted by atomic mass is 16.5. The third kappa shape index (κ3) is 5.37. The van der Waals surface area contributed by atoms with E-state index < -0.39 is 17.6 Å². The molecule has 0 aliphatic carbocycles. The molecule has 4 radical (unpaired) electrons. The Kier molecular flexibility index (Phi) is 7.09. The molecule has 0 amide bonds. The van der Waals surface area contributed by atoms with Crippen LogP contribution in [0.1, 0.15) is 31.1 Å². The van der Waals surface area contributed by atoms with Crippen molar-refractivity contribution >= 4 is 21.7 Å². The van der Waals surface area contributed by atoms with Gasteiger partial charge in [-0.2, -0.15) is 0 Å². The molecule has 0 aliphatic rings. The lowest BCUT2D eigenvalue weighted by molar-refractivity contribution is -0.143. The fourth-order valence-electron chi connectivity index (χ4n) is 1.64. The minimum absolute atomic E-state index is 0.338. The van der Waals surface area contributed by atoms with Crippen molar-refractivity contribution in [2.45, 2.75) is 31.4 Å². The molecule has 1 aromatic carbocycles. The molecule has 0 N–H and O–H groups in total. The molecule has 0 fully saturated rings. The van der Waals surface area contributed by atoms with Crippen molar-refractivity contribution in [3.8, 4) is 0 Å². The summed E-state index contributed by atoms with van der Waals surface area (Å²) in [6, 6.07) is 9.31. The summed E-state index contributed by atoms with van der Waals surface area (Å²) in [5.74, 6) is -1.83. The van der Waals surface area contributed by atoms with Gasteiger partial charge in [-0.1, -0.05) is 55.0 Å². The third-order valence-corrected chi connectivity index (χ3v) is 2.77. The molecular weight excluding hydrogens is 234 g/mol. The number of hydrogen-bond acceptors (Lipinski definition) is 2. The summed E-state index contributed by atoms with van der Waals surface area (Å²) in [6.07, 6.45) is 5.69. The Labute approximate surface area is 118 Å². The summed E-state index contributed by atoms with van der Waals surface area (Å²) in [5.41, 5.74) is 0.831. The first-order valence-corrected chi connectivity index (χ1v) is 6.54. The molecule has 2 nitrogen and oxygen atoms in total. The van der Waals surface area contributed by atoms with Crippen molar-refractivity contribution < 1.29 is 9.53 Å².